The van der Waals surface area contributed by atoms with Gasteiger partial charge in [-0.2, -0.15) is 0 Å². The summed E-state index contributed by atoms with van der Waals surface area (Å²) in [6.45, 7) is 2.14. The topological polar surface area (TPSA) is 46.2 Å². The van der Waals surface area contributed by atoms with Crippen LogP contribution in [0, 0.1) is 12.7 Å². The molecule has 0 amide bonds. The molecule has 0 saturated carbocycles. The molecular formula is C22H22FNO2S. The Hall–Kier alpha value is -2.50. The molecule has 0 aliphatic heterocycles. The summed E-state index contributed by atoms with van der Waals surface area (Å²) in [5.41, 5.74) is 2.84. The van der Waals surface area contributed by atoms with Gasteiger partial charge in [0, 0.05) is 12.5 Å². The first-order valence-electron chi connectivity index (χ1n) is 8.80. The number of hydrogen-bond donors (Lipinski definition) is 1. The second-order valence-corrected chi connectivity index (χ2v) is 8.37. The molecule has 3 aromatic rings. The number of benzene rings is 3. The molecule has 0 aromatic heterocycles. The summed E-state index contributed by atoms with van der Waals surface area (Å²) >= 11 is 0. The van der Waals surface area contributed by atoms with Gasteiger partial charge in [0.1, 0.15) is 5.82 Å². The van der Waals surface area contributed by atoms with Crippen LogP contribution in [0.15, 0.2) is 83.8 Å². The smallest absolute Gasteiger partial charge is 0.211 e. The van der Waals surface area contributed by atoms with E-state index in [9.17, 15) is 12.8 Å². The van der Waals surface area contributed by atoms with Crippen molar-refractivity contribution >= 4 is 10.0 Å². The first-order valence-corrected chi connectivity index (χ1v) is 10.3. The largest absolute Gasteiger partial charge is 0.240 e. The first kappa shape index (κ1) is 19.3. The Labute approximate surface area is 159 Å². The van der Waals surface area contributed by atoms with E-state index in [-0.39, 0.29) is 23.2 Å². The molecule has 140 valence electrons. The molecule has 1 atom stereocenters. The average Bonchev–Trinajstić information content (AvgIpc) is 2.66. The Kier molecular flexibility index (Phi) is 6.04. The molecule has 0 saturated heterocycles. The zero-order valence-electron chi connectivity index (χ0n) is 15.1. The summed E-state index contributed by atoms with van der Waals surface area (Å²) in [7, 11) is -3.60. The predicted molar refractivity (Wildman–Crippen MR) is 106 cm³/mol. The van der Waals surface area contributed by atoms with Crippen LogP contribution in [0.25, 0.3) is 0 Å². The van der Waals surface area contributed by atoms with Crippen molar-refractivity contribution < 1.29 is 12.8 Å². The minimum Gasteiger partial charge on any atom is -0.211 e. The maximum absolute atomic E-state index is 13.5. The van der Waals surface area contributed by atoms with Gasteiger partial charge in [-0.25, -0.2) is 17.5 Å². The van der Waals surface area contributed by atoms with Crippen molar-refractivity contribution in [3.8, 4) is 0 Å². The summed E-state index contributed by atoms with van der Waals surface area (Å²) < 4.78 is 41.5. The molecule has 0 aliphatic rings. The first-order chi connectivity index (χ1) is 12.9. The van der Waals surface area contributed by atoms with Gasteiger partial charge in [-0.3, -0.25) is 0 Å². The fourth-order valence-corrected chi connectivity index (χ4v) is 4.07. The van der Waals surface area contributed by atoms with Crippen LogP contribution in [0.5, 0.6) is 0 Å². The van der Waals surface area contributed by atoms with Gasteiger partial charge in [-0.15, -0.1) is 0 Å². The lowest BCUT2D eigenvalue weighted by atomic mass is 9.92. The average molecular weight is 383 g/mol. The zero-order valence-corrected chi connectivity index (χ0v) is 15.9. The lowest BCUT2D eigenvalue weighted by Crippen LogP contribution is -2.29. The minimum atomic E-state index is -3.60. The fraction of sp³-hybridized carbons (Fsp3) is 0.182. The van der Waals surface area contributed by atoms with Crippen LogP contribution in [0.3, 0.4) is 0 Å². The molecule has 1 N–H and O–H groups in total. The third kappa shape index (κ3) is 5.25. The van der Waals surface area contributed by atoms with E-state index in [0.29, 0.717) is 6.42 Å². The lowest BCUT2D eigenvalue weighted by Gasteiger charge is -2.19. The van der Waals surface area contributed by atoms with Gasteiger partial charge in [0.2, 0.25) is 10.0 Å². The van der Waals surface area contributed by atoms with Crippen molar-refractivity contribution in [3.63, 3.8) is 0 Å². The minimum absolute atomic E-state index is 0.103. The van der Waals surface area contributed by atoms with Gasteiger partial charge in [-0.05, 0) is 48.7 Å². The van der Waals surface area contributed by atoms with E-state index in [4.69, 9.17) is 0 Å². The Balaban J connectivity index is 1.80. The van der Waals surface area contributed by atoms with Gasteiger partial charge in [0.15, 0.2) is 0 Å². The summed E-state index contributed by atoms with van der Waals surface area (Å²) in [5, 5.41) is 0. The van der Waals surface area contributed by atoms with Gasteiger partial charge >= 0.3 is 0 Å². The summed E-state index contributed by atoms with van der Waals surface area (Å²) in [5.74, 6) is -0.396. The molecule has 0 radical (unpaired) electrons. The molecule has 0 heterocycles. The van der Waals surface area contributed by atoms with E-state index in [1.165, 1.54) is 12.1 Å². The third-order valence-corrected chi connectivity index (χ3v) is 5.93. The fourth-order valence-electron chi connectivity index (χ4n) is 2.99. The van der Waals surface area contributed by atoms with E-state index in [2.05, 4.69) is 4.72 Å². The van der Waals surface area contributed by atoms with Crippen molar-refractivity contribution in [2.75, 3.05) is 6.54 Å². The quantitative estimate of drug-likeness (QED) is 0.656. The van der Waals surface area contributed by atoms with Gasteiger partial charge in [0.25, 0.3) is 0 Å². The van der Waals surface area contributed by atoms with Crippen LogP contribution in [0.4, 0.5) is 4.39 Å². The molecule has 3 rings (SSSR count). The molecular weight excluding hydrogens is 361 g/mol. The van der Waals surface area contributed by atoms with Crippen molar-refractivity contribution in [2.45, 2.75) is 24.2 Å². The Morgan fingerprint density at radius 2 is 1.63 bits per heavy atom. The lowest BCUT2D eigenvalue weighted by molar-refractivity contribution is 0.567. The molecule has 0 aliphatic carbocycles. The maximum atomic E-state index is 13.5. The maximum Gasteiger partial charge on any atom is 0.240 e. The Bertz CT molecular complexity index is 986. The van der Waals surface area contributed by atoms with E-state index < -0.39 is 10.0 Å². The van der Waals surface area contributed by atoms with Crippen LogP contribution >= 0.6 is 0 Å². The van der Waals surface area contributed by atoms with E-state index >= 15 is 0 Å². The highest BCUT2D eigenvalue weighted by molar-refractivity contribution is 7.89. The van der Waals surface area contributed by atoms with E-state index in [1.54, 1.807) is 30.3 Å². The molecule has 1 unspecified atom stereocenters. The predicted octanol–water partition coefficient (Wildman–Crippen LogP) is 4.44. The SMILES string of the molecule is Cc1ccc(S(=O)(=O)NCC(Cc2cccc(F)c2)c2ccccc2)cc1. The summed E-state index contributed by atoms with van der Waals surface area (Å²) in [4.78, 5) is 0.241. The highest BCUT2D eigenvalue weighted by Crippen LogP contribution is 2.22. The summed E-state index contributed by atoms with van der Waals surface area (Å²) in [6, 6.07) is 22.8. The normalized spacial score (nSPS) is 12.7. The van der Waals surface area contributed by atoms with Gasteiger partial charge in [0.05, 0.1) is 4.90 Å². The molecule has 0 spiro atoms. The Morgan fingerprint density at radius 1 is 0.926 bits per heavy atom. The van der Waals surface area contributed by atoms with Crippen molar-refractivity contribution in [2.24, 2.45) is 0 Å². The Morgan fingerprint density at radius 3 is 2.30 bits per heavy atom. The van der Waals surface area contributed by atoms with Crippen LogP contribution in [-0.2, 0) is 16.4 Å². The molecule has 5 heteroatoms. The molecule has 3 aromatic carbocycles. The third-order valence-electron chi connectivity index (χ3n) is 4.49. The number of hydrogen-bond acceptors (Lipinski definition) is 2. The van der Waals surface area contributed by atoms with Gasteiger partial charge < -0.3 is 0 Å². The van der Waals surface area contributed by atoms with Crippen molar-refractivity contribution in [3.05, 3.63) is 101 Å². The number of sulfonamides is 1. The van der Waals surface area contributed by atoms with E-state index in [0.717, 1.165) is 16.7 Å². The standard InChI is InChI=1S/C22H22FNO2S/c1-17-10-12-22(13-11-17)27(25,26)24-16-20(19-7-3-2-4-8-19)14-18-6-5-9-21(23)15-18/h2-13,15,20,24H,14,16H2,1H3. The van der Waals surface area contributed by atoms with Crippen LogP contribution in [0.1, 0.15) is 22.6 Å². The molecule has 27 heavy (non-hydrogen) atoms. The highest BCUT2D eigenvalue weighted by Gasteiger charge is 2.19. The summed E-state index contributed by atoms with van der Waals surface area (Å²) in [6.07, 6.45) is 0.540. The van der Waals surface area contributed by atoms with Crippen molar-refractivity contribution in [1.29, 1.82) is 0 Å². The second kappa shape index (κ2) is 8.46. The van der Waals surface area contributed by atoms with Crippen LogP contribution in [0.2, 0.25) is 0 Å². The number of halogens is 1. The zero-order chi connectivity index (χ0) is 19.3. The highest BCUT2D eigenvalue weighted by atomic mass is 32.2. The van der Waals surface area contributed by atoms with E-state index in [1.807, 2.05) is 43.3 Å². The van der Waals surface area contributed by atoms with Gasteiger partial charge in [-0.1, -0.05) is 60.2 Å². The molecule has 0 bridgehead atoms. The second-order valence-electron chi connectivity index (χ2n) is 6.61. The van der Waals surface area contributed by atoms with Crippen LogP contribution in [-0.4, -0.2) is 15.0 Å². The number of nitrogens with one attached hydrogen (secondary N) is 1. The number of rotatable bonds is 7. The van der Waals surface area contributed by atoms with Crippen LogP contribution < -0.4 is 4.72 Å². The number of aryl methyl sites for hydroxylation is 1. The van der Waals surface area contributed by atoms with Crippen molar-refractivity contribution in [1.82, 2.24) is 4.72 Å². The molecule has 3 nitrogen and oxygen atoms in total. The monoisotopic (exact) mass is 383 g/mol. The molecule has 0 fully saturated rings.